The monoisotopic (exact) mass is 424 g/mol. The molecule has 7 heteroatoms. The van der Waals surface area contributed by atoms with Crippen molar-refractivity contribution in [3.8, 4) is 0 Å². The molecule has 0 aromatic rings. The van der Waals surface area contributed by atoms with E-state index in [2.05, 4.69) is 0 Å². The minimum absolute atomic E-state index is 0.115. The average molecular weight is 425 g/mol. The summed E-state index contributed by atoms with van der Waals surface area (Å²) in [7, 11) is 3.05. The van der Waals surface area contributed by atoms with Gasteiger partial charge in [-0.15, -0.1) is 0 Å². The molecule has 3 aliphatic carbocycles. The lowest BCUT2D eigenvalue weighted by Crippen LogP contribution is -2.79. The van der Waals surface area contributed by atoms with E-state index in [9.17, 15) is 20.1 Å². The van der Waals surface area contributed by atoms with Gasteiger partial charge in [-0.3, -0.25) is 4.79 Å². The van der Waals surface area contributed by atoms with E-state index in [4.69, 9.17) is 14.2 Å². The third-order valence-electron chi connectivity index (χ3n) is 9.34. The summed E-state index contributed by atoms with van der Waals surface area (Å²) in [4.78, 5) is 14.2. The molecule has 7 nitrogen and oxygen atoms in total. The van der Waals surface area contributed by atoms with E-state index in [1.54, 1.807) is 7.11 Å². The molecule has 0 radical (unpaired) electrons. The molecule has 30 heavy (non-hydrogen) atoms. The summed E-state index contributed by atoms with van der Waals surface area (Å²) < 4.78 is 17.3. The highest BCUT2D eigenvalue weighted by molar-refractivity contribution is 5.93. The molecule has 0 amide bonds. The van der Waals surface area contributed by atoms with Gasteiger partial charge in [0.05, 0.1) is 35.9 Å². The van der Waals surface area contributed by atoms with Gasteiger partial charge in [0.25, 0.3) is 0 Å². The number of carbonyl (C=O) groups excluding carboxylic acids is 1. The number of Topliss-reactive ketones (excluding diaryl/α,β-unsaturated/α-hetero) is 1. The highest BCUT2D eigenvalue weighted by atomic mass is 16.6. The summed E-state index contributed by atoms with van der Waals surface area (Å²) in [5.41, 5.74) is -3.24. The normalized spacial score (nSPS) is 52.7. The second kappa shape index (κ2) is 6.59. The zero-order chi connectivity index (χ0) is 22.4. The van der Waals surface area contributed by atoms with Gasteiger partial charge in [-0.1, -0.05) is 20.8 Å². The van der Waals surface area contributed by atoms with Crippen molar-refractivity contribution >= 4 is 5.78 Å². The van der Waals surface area contributed by atoms with Gasteiger partial charge in [0.15, 0.2) is 5.78 Å². The van der Waals surface area contributed by atoms with E-state index < -0.39 is 58.3 Å². The van der Waals surface area contributed by atoms with E-state index in [-0.39, 0.29) is 18.8 Å². The Kier molecular flexibility index (Phi) is 4.91. The van der Waals surface area contributed by atoms with Crippen molar-refractivity contribution < 1.29 is 34.3 Å². The number of carbonyl (C=O) groups is 1. The maximum absolute atomic E-state index is 14.2. The Balaban J connectivity index is 2.04. The first-order valence-corrected chi connectivity index (χ1v) is 10.9. The molecule has 0 spiro atoms. The second-order valence-corrected chi connectivity index (χ2v) is 10.6. The minimum atomic E-state index is -1.36. The summed E-state index contributed by atoms with van der Waals surface area (Å²) in [6.07, 6.45) is -2.24. The Bertz CT molecular complexity index is 790. The molecule has 0 aromatic heterocycles. The lowest BCUT2D eigenvalue weighted by atomic mass is 9.42. The van der Waals surface area contributed by atoms with Crippen LogP contribution in [0, 0.1) is 22.7 Å². The summed E-state index contributed by atoms with van der Waals surface area (Å²) in [6, 6.07) is 0. The number of methoxy groups -OCH3 is 2. The first-order chi connectivity index (χ1) is 13.8. The first-order valence-electron chi connectivity index (χ1n) is 10.9. The van der Waals surface area contributed by atoms with Gasteiger partial charge in [0.2, 0.25) is 0 Å². The van der Waals surface area contributed by atoms with Gasteiger partial charge in [-0.05, 0) is 30.9 Å². The first kappa shape index (κ1) is 22.4. The van der Waals surface area contributed by atoms with Crippen molar-refractivity contribution in [1.29, 1.82) is 0 Å². The van der Waals surface area contributed by atoms with Gasteiger partial charge in [-0.2, -0.15) is 0 Å². The molecule has 4 aliphatic rings. The maximum Gasteiger partial charge on any atom is 0.174 e. The molecule has 1 heterocycles. The van der Waals surface area contributed by atoms with Crippen LogP contribution in [0.25, 0.3) is 0 Å². The molecular weight excluding hydrogens is 388 g/mol. The molecule has 4 rings (SSSR count). The van der Waals surface area contributed by atoms with Crippen molar-refractivity contribution in [2.45, 2.75) is 83.1 Å². The van der Waals surface area contributed by atoms with E-state index in [1.807, 2.05) is 34.6 Å². The molecular formula is C23H36O7. The lowest BCUT2D eigenvalue weighted by Gasteiger charge is -2.67. The van der Waals surface area contributed by atoms with Crippen LogP contribution in [-0.4, -0.2) is 77.5 Å². The molecule has 3 fully saturated rings. The van der Waals surface area contributed by atoms with Crippen molar-refractivity contribution in [2.24, 2.45) is 22.7 Å². The fraction of sp³-hybridized carbons (Fsp3) is 0.870. The van der Waals surface area contributed by atoms with Crippen LogP contribution in [0.15, 0.2) is 11.1 Å². The van der Waals surface area contributed by atoms with Crippen molar-refractivity contribution in [2.75, 3.05) is 20.8 Å². The van der Waals surface area contributed by atoms with Gasteiger partial charge in [-0.25, -0.2) is 0 Å². The van der Waals surface area contributed by atoms with E-state index in [0.29, 0.717) is 17.6 Å². The predicted octanol–water partition coefficient (Wildman–Crippen LogP) is 1.23. The second-order valence-electron chi connectivity index (χ2n) is 10.6. The number of aliphatic hydroxyl groups is 3. The van der Waals surface area contributed by atoms with Crippen LogP contribution in [0.4, 0.5) is 0 Å². The Morgan fingerprint density at radius 3 is 2.27 bits per heavy atom. The van der Waals surface area contributed by atoms with Crippen LogP contribution < -0.4 is 0 Å². The van der Waals surface area contributed by atoms with E-state index in [0.717, 1.165) is 0 Å². The fourth-order valence-corrected chi connectivity index (χ4v) is 7.51. The van der Waals surface area contributed by atoms with Crippen LogP contribution in [0.1, 0.15) is 47.5 Å². The summed E-state index contributed by atoms with van der Waals surface area (Å²) >= 11 is 0. The number of hydrogen-bond acceptors (Lipinski definition) is 7. The minimum Gasteiger partial charge on any atom is -0.389 e. The quantitative estimate of drug-likeness (QED) is 0.573. The zero-order valence-corrected chi connectivity index (χ0v) is 19.1. The molecule has 1 aliphatic heterocycles. The highest BCUT2D eigenvalue weighted by Gasteiger charge is 2.74. The third kappa shape index (κ3) is 2.34. The van der Waals surface area contributed by atoms with Crippen LogP contribution in [-0.2, 0) is 19.0 Å². The maximum atomic E-state index is 14.2. The third-order valence-corrected chi connectivity index (χ3v) is 9.34. The van der Waals surface area contributed by atoms with E-state index in [1.165, 1.54) is 7.11 Å². The van der Waals surface area contributed by atoms with Crippen LogP contribution in [0.5, 0.6) is 0 Å². The molecule has 9 atom stereocenters. The molecule has 9 unspecified atom stereocenters. The smallest absolute Gasteiger partial charge is 0.174 e. The van der Waals surface area contributed by atoms with Crippen LogP contribution >= 0.6 is 0 Å². The fourth-order valence-electron chi connectivity index (χ4n) is 7.51. The van der Waals surface area contributed by atoms with Crippen LogP contribution in [0.3, 0.4) is 0 Å². The topological polar surface area (TPSA) is 105 Å². The molecule has 2 saturated carbocycles. The van der Waals surface area contributed by atoms with Gasteiger partial charge in [0, 0.05) is 38.4 Å². The summed E-state index contributed by atoms with van der Waals surface area (Å²) in [5, 5.41) is 34.8. The Labute approximate surface area is 178 Å². The number of ketones is 1. The molecule has 170 valence electrons. The largest absolute Gasteiger partial charge is 0.389 e. The zero-order valence-electron chi connectivity index (χ0n) is 19.1. The van der Waals surface area contributed by atoms with Gasteiger partial charge >= 0.3 is 0 Å². The molecule has 1 saturated heterocycles. The lowest BCUT2D eigenvalue weighted by molar-refractivity contribution is -0.337. The number of hydrogen-bond donors (Lipinski definition) is 3. The Morgan fingerprint density at radius 1 is 1.13 bits per heavy atom. The standard InChI is InChI=1S/C23H36O7/c1-11-13(24)9-23(27)12(2)18-21(5,14(28-6)8-15-22(18,26)10-30-15)19(25)17(29-7)16(11)20(23,3)4/h12-15,17-18,24,26-27H,8-10H2,1-7H3. The predicted molar refractivity (Wildman–Crippen MR) is 109 cm³/mol. The summed E-state index contributed by atoms with van der Waals surface area (Å²) in [6.45, 7) is 9.47. The van der Waals surface area contributed by atoms with Gasteiger partial charge in [0.1, 0.15) is 11.7 Å². The Hall–Kier alpha value is -0.830. The van der Waals surface area contributed by atoms with E-state index >= 15 is 0 Å². The molecule has 3 N–H and O–H groups in total. The number of ether oxygens (including phenoxy) is 3. The van der Waals surface area contributed by atoms with Crippen molar-refractivity contribution in [1.82, 2.24) is 0 Å². The summed E-state index contributed by atoms with van der Waals surface area (Å²) in [5.74, 6) is -1.30. The van der Waals surface area contributed by atoms with Crippen molar-refractivity contribution in [3.63, 3.8) is 0 Å². The SMILES string of the molecule is COC1C(=O)C2(C)C(OC)CC3OCC3(O)C2C(C)C2(O)CC(O)C(C)=C1C2(C)C. The van der Waals surface area contributed by atoms with Gasteiger partial charge < -0.3 is 29.5 Å². The van der Waals surface area contributed by atoms with Crippen molar-refractivity contribution in [3.05, 3.63) is 11.1 Å². The molecule has 0 aromatic carbocycles. The average Bonchev–Trinajstić information content (AvgIpc) is 2.67. The number of aliphatic hydroxyl groups excluding tert-OH is 1. The Morgan fingerprint density at radius 2 is 1.77 bits per heavy atom. The highest BCUT2D eigenvalue weighted by Crippen LogP contribution is 2.64. The molecule has 2 bridgehead atoms. The number of rotatable bonds is 2. The van der Waals surface area contributed by atoms with Crippen LogP contribution in [0.2, 0.25) is 0 Å². The number of fused-ring (bicyclic) bond motifs is 5.